The van der Waals surface area contributed by atoms with E-state index in [1.54, 1.807) is 0 Å². The molecule has 0 bridgehead atoms. The van der Waals surface area contributed by atoms with Crippen molar-refractivity contribution < 1.29 is 29.1 Å². The van der Waals surface area contributed by atoms with Crippen LogP contribution < -0.4 is 10.2 Å². The van der Waals surface area contributed by atoms with Crippen molar-refractivity contribution >= 4 is 45.6 Å². The van der Waals surface area contributed by atoms with Crippen molar-refractivity contribution in [2.75, 3.05) is 13.2 Å². The molecule has 8 heteroatoms. The van der Waals surface area contributed by atoms with E-state index >= 15 is 0 Å². The monoisotopic (exact) mass is 210 g/mol. The van der Waals surface area contributed by atoms with Crippen molar-refractivity contribution in [2.45, 2.75) is 6.10 Å². The van der Waals surface area contributed by atoms with E-state index in [-0.39, 0.29) is 37.7 Å². The van der Waals surface area contributed by atoms with Gasteiger partial charge in [-0.05, 0) is 0 Å². The fraction of sp³-hybridized carbons (Fsp3) is 1.00. The number of rotatable bonds is 4. The van der Waals surface area contributed by atoms with E-state index in [1.165, 1.54) is 0 Å². The van der Waals surface area contributed by atoms with Crippen LogP contribution in [-0.4, -0.2) is 66.8 Å². The molecule has 0 heterocycles. The average molecular weight is 210 g/mol. The molecule has 0 aliphatic rings. The summed E-state index contributed by atoms with van der Waals surface area (Å²) in [6, 6.07) is 0. The standard InChI is InChI=1S/C3H7O6P.Ca/c4-1-3(2-5)9-10(6,7)8;/h3H,1-2H2,(H2,6,7,8);/q-2;+2. The third-order valence-corrected chi connectivity index (χ3v) is 1.23. The minimum atomic E-state index is -4.65. The minimum absolute atomic E-state index is 0. The van der Waals surface area contributed by atoms with Crippen LogP contribution >= 0.6 is 7.82 Å². The first-order valence-corrected chi connectivity index (χ1v) is 3.92. The zero-order valence-corrected chi connectivity index (χ0v) is 8.78. The van der Waals surface area contributed by atoms with Gasteiger partial charge >= 0.3 is 45.6 Å². The fourth-order valence-electron chi connectivity index (χ4n) is 0.303. The van der Waals surface area contributed by atoms with Gasteiger partial charge in [0, 0.05) is 6.10 Å². The fourth-order valence-corrected chi connectivity index (χ4v) is 0.813. The van der Waals surface area contributed by atoms with E-state index < -0.39 is 27.1 Å². The van der Waals surface area contributed by atoms with E-state index in [4.69, 9.17) is 9.79 Å². The van der Waals surface area contributed by atoms with Crippen molar-refractivity contribution in [3.05, 3.63) is 0 Å². The zero-order chi connectivity index (χ0) is 8.20. The van der Waals surface area contributed by atoms with Gasteiger partial charge in [0.05, 0.1) is 0 Å². The summed E-state index contributed by atoms with van der Waals surface area (Å²) in [5.41, 5.74) is 0. The third-order valence-electron chi connectivity index (χ3n) is 0.658. The van der Waals surface area contributed by atoms with Crippen molar-refractivity contribution in [3.8, 4) is 0 Å². The Morgan fingerprint density at radius 1 is 1.36 bits per heavy atom. The van der Waals surface area contributed by atoms with Crippen molar-refractivity contribution in [2.24, 2.45) is 0 Å². The van der Waals surface area contributed by atoms with Gasteiger partial charge in [0.15, 0.2) is 0 Å². The number of hydrogen-bond acceptors (Lipinski definition) is 4. The first kappa shape index (κ1) is 14.8. The topological polar surface area (TPSA) is 113 Å². The molecular weight excluding hydrogens is 203 g/mol. The smallest absolute Gasteiger partial charge is 0.853 e. The van der Waals surface area contributed by atoms with Gasteiger partial charge in [-0.2, -0.15) is 0 Å². The Morgan fingerprint density at radius 2 is 1.73 bits per heavy atom. The van der Waals surface area contributed by atoms with Gasteiger partial charge in [-0.25, -0.2) is 4.57 Å². The molecule has 11 heavy (non-hydrogen) atoms. The summed E-state index contributed by atoms with van der Waals surface area (Å²) in [4.78, 5) is 16.1. The second-order valence-electron chi connectivity index (χ2n) is 1.55. The molecule has 6 nitrogen and oxygen atoms in total. The molecule has 0 amide bonds. The molecule has 62 valence electrons. The number of phosphoric ester groups is 1. The van der Waals surface area contributed by atoms with Gasteiger partial charge in [-0.1, -0.05) is 0 Å². The summed E-state index contributed by atoms with van der Waals surface area (Å²) in [6.45, 7) is -1.87. The predicted octanol–water partition coefficient (Wildman–Crippen LogP) is -3.20. The number of phosphoric acid groups is 1. The van der Waals surface area contributed by atoms with Gasteiger partial charge in [-0.3, -0.25) is 4.52 Å². The van der Waals surface area contributed by atoms with Crippen LogP contribution in [-0.2, 0) is 9.09 Å². The second-order valence-corrected chi connectivity index (χ2v) is 2.74. The quantitative estimate of drug-likeness (QED) is 0.373. The average Bonchev–Trinajstić information content (AvgIpc) is 1.81. The van der Waals surface area contributed by atoms with Gasteiger partial charge < -0.3 is 20.0 Å². The molecule has 0 aliphatic heterocycles. The van der Waals surface area contributed by atoms with E-state index in [1.807, 2.05) is 0 Å². The predicted molar refractivity (Wildman–Crippen MR) is 32.4 cm³/mol. The van der Waals surface area contributed by atoms with Crippen LogP contribution in [0.3, 0.4) is 0 Å². The van der Waals surface area contributed by atoms with Gasteiger partial charge in [0.2, 0.25) is 0 Å². The maximum atomic E-state index is 9.95. The van der Waals surface area contributed by atoms with Crippen LogP contribution in [0.5, 0.6) is 0 Å². The van der Waals surface area contributed by atoms with Crippen LogP contribution in [0.2, 0.25) is 0 Å². The summed E-state index contributed by atoms with van der Waals surface area (Å²) < 4.78 is 13.7. The molecule has 2 N–H and O–H groups in total. The van der Waals surface area contributed by atoms with Gasteiger partial charge in [-0.15, -0.1) is 13.2 Å². The largest absolute Gasteiger partial charge is 2.00 e. The Morgan fingerprint density at radius 3 is 1.82 bits per heavy atom. The van der Waals surface area contributed by atoms with Crippen molar-refractivity contribution in [1.82, 2.24) is 0 Å². The Kier molecular flexibility index (Phi) is 9.10. The molecule has 0 aromatic rings. The molecule has 0 atom stereocenters. The normalized spacial score (nSPS) is 11.4. The van der Waals surface area contributed by atoms with Crippen LogP contribution in [0.1, 0.15) is 0 Å². The Hall–Kier alpha value is 1.29. The number of hydrogen-bond donors (Lipinski definition) is 2. The first-order chi connectivity index (χ1) is 4.49. The third kappa shape index (κ3) is 9.20. The zero-order valence-electron chi connectivity index (χ0n) is 5.67. The summed E-state index contributed by atoms with van der Waals surface area (Å²) in [5.74, 6) is 0. The van der Waals surface area contributed by atoms with Crippen LogP contribution in [0.25, 0.3) is 0 Å². The summed E-state index contributed by atoms with van der Waals surface area (Å²) in [6.07, 6.45) is -1.43. The molecule has 0 fully saturated rings. The summed E-state index contributed by atoms with van der Waals surface area (Å²) >= 11 is 0. The molecule has 0 spiro atoms. The van der Waals surface area contributed by atoms with Crippen molar-refractivity contribution in [3.63, 3.8) is 0 Å². The maximum Gasteiger partial charge on any atom is 2.00 e. The molecule has 0 aliphatic carbocycles. The Labute approximate surface area is 93.4 Å². The molecular formula is C3H7CaO6P. The van der Waals surface area contributed by atoms with E-state index in [0.29, 0.717) is 0 Å². The summed E-state index contributed by atoms with van der Waals surface area (Å²) in [7, 11) is -4.65. The van der Waals surface area contributed by atoms with Crippen LogP contribution in [0, 0.1) is 0 Å². The first-order valence-electron chi connectivity index (χ1n) is 2.39. The van der Waals surface area contributed by atoms with Crippen LogP contribution in [0.4, 0.5) is 0 Å². The molecule has 0 saturated carbocycles. The van der Waals surface area contributed by atoms with E-state index in [0.717, 1.165) is 0 Å². The van der Waals surface area contributed by atoms with E-state index in [2.05, 4.69) is 4.52 Å². The molecule has 0 aromatic heterocycles. The Balaban J connectivity index is 0. The second kappa shape index (κ2) is 6.77. The van der Waals surface area contributed by atoms with Gasteiger partial charge in [0.25, 0.3) is 0 Å². The summed E-state index contributed by atoms with van der Waals surface area (Å²) in [5, 5.41) is 19.7. The molecule has 0 unspecified atom stereocenters. The Bertz CT molecular complexity index is 130. The maximum absolute atomic E-state index is 9.95. The van der Waals surface area contributed by atoms with Gasteiger partial charge in [0.1, 0.15) is 0 Å². The van der Waals surface area contributed by atoms with E-state index in [9.17, 15) is 14.8 Å². The van der Waals surface area contributed by atoms with Crippen molar-refractivity contribution in [1.29, 1.82) is 0 Å². The molecule has 0 saturated heterocycles. The van der Waals surface area contributed by atoms with Crippen LogP contribution in [0.15, 0.2) is 0 Å². The SMILES string of the molecule is O=P(O)(O)OC(C[O-])C[O-].[Ca+2]. The minimum Gasteiger partial charge on any atom is -0.853 e. The molecule has 0 rings (SSSR count). The molecule has 0 aromatic carbocycles. The molecule has 0 radical (unpaired) electrons.